The van der Waals surface area contributed by atoms with Gasteiger partial charge < -0.3 is 4.79 Å². The fraction of sp³-hybridized carbons (Fsp3) is 0.556. The Morgan fingerprint density at radius 1 is 1.67 bits per heavy atom. The van der Waals surface area contributed by atoms with E-state index in [1.807, 2.05) is 10.7 Å². The molecule has 0 bridgehead atoms. The normalized spacial score (nSPS) is 17.3. The zero-order chi connectivity index (χ0) is 8.39. The lowest BCUT2D eigenvalue weighted by atomic mass is 9.93. The van der Waals surface area contributed by atoms with Gasteiger partial charge in [0.05, 0.1) is 6.04 Å². The van der Waals surface area contributed by atoms with Crippen molar-refractivity contribution in [3.8, 4) is 0 Å². The highest BCUT2D eigenvalue weighted by molar-refractivity contribution is 5.53. The Kier molecular flexibility index (Phi) is 1.94. The predicted molar refractivity (Wildman–Crippen MR) is 44.9 cm³/mol. The molecule has 0 saturated heterocycles. The third-order valence-electron chi connectivity index (χ3n) is 2.47. The molecule has 1 aliphatic carbocycles. The first-order valence-electron chi connectivity index (χ1n) is 4.38. The molecule has 0 aromatic carbocycles. The molecule has 0 atom stereocenters. The van der Waals surface area contributed by atoms with Crippen molar-refractivity contribution in [1.82, 2.24) is 9.78 Å². The lowest BCUT2D eigenvalue weighted by Crippen LogP contribution is -2.20. The number of nitrogens with zero attached hydrogens (tertiary/aromatic N) is 2. The number of carbonyl (C=O) groups excluding carboxylic acids is 1. The van der Waals surface area contributed by atoms with Crippen LogP contribution in [0.1, 0.15) is 31.0 Å². The minimum Gasteiger partial charge on any atom is -0.303 e. The quantitative estimate of drug-likeness (QED) is 0.632. The zero-order valence-corrected chi connectivity index (χ0v) is 6.94. The third-order valence-corrected chi connectivity index (χ3v) is 2.47. The summed E-state index contributed by atoms with van der Waals surface area (Å²) in [5.41, 5.74) is 1.05. The van der Waals surface area contributed by atoms with E-state index in [1.54, 1.807) is 6.20 Å². The van der Waals surface area contributed by atoms with Gasteiger partial charge in [0.1, 0.15) is 6.29 Å². The van der Waals surface area contributed by atoms with Crippen molar-refractivity contribution in [3.63, 3.8) is 0 Å². The topological polar surface area (TPSA) is 34.9 Å². The highest BCUT2D eigenvalue weighted by atomic mass is 16.1. The molecule has 0 N–H and O–H groups in total. The van der Waals surface area contributed by atoms with E-state index < -0.39 is 0 Å². The Morgan fingerprint density at radius 3 is 3.08 bits per heavy atom. The number of aromatic nitrogens is 2. The maximum absolute atomic E-state index is 10.3. The van der Waals surface area contributed by atoms with Gasteiger partial charge in [-0.05, 0) is 25.3 Å². The summed E-state index contributed by atoms with van der Waals surface area (Å²) in [5.74, 6) is 0. The molecule has 3 nitrogen and oxygen atoms in total. The molecule has 0 radical (unpaired) electrons. The van der Waals surface area contributed by atoms with E-state index in [4.69, 9.17) is 0 Å². The van der Waals surface area contributed by atoms with Gasteiger partial charge in [0.15, 0.2) is 0 Å². The van der Waals surface area contributed by atoms with Crippen LogP contribution in [0.3, 0.4) is 0 Å². The summed E-state index contributed by atoms with van der Waals surface area (Å²) in [6, 6.07) is 2.49. The van der Waals surface area contributed by atoms with E-state index >= 15 is 0 Å². The maximum Gasteiger partial charge on any atom is 0.125 e. The minimum atomic E-state index is 0.497. The van der Waals surface area contributed by atoms with Gasteiger partial charge >= 0.3 is 0 Å². The summed E-state index contributed by atoms with van der Waals surface area (Å²) >= 11 is 0. The standard InChI is InChI=1S/C9H12N2O/c12-7-5-9-4-6-10-11(9)8-2-1-3-8/h4,6-8H,1-3,5H2. The Balaban J connectivity index is 2.17. The van der Waals surface area contributed by atoms with E-state index in [0.717, 1.165) is 12.0 Å². The predicted octanol–water partition coefficient (Wildman–Crippen LogP) is 1.35. The molecule has 1 fully saturated rings. The van der Waals surface area contributed by atoms with Crippen molar-refractivity contribution in [2.75, 3.05) is 0 Å². The van der Waals surface area contributed by atoms with Crippen LogP contribution >= 0.6 is 0 Å². The Hall–Kier alpha value is -1.12. The first-order valence-corrected chi connectivity index (χ1v) is 4.38. The van der Waals surface area contributed by atoms with Crippen molar-refractivity contribution < 1.29 is 4.79 Å². The van der Waals surface area contributed by atoms with Gasteiger partial charge in [-0.1, -0.05) is 0 Å². The Labute approximate surface area is 71.4 Å². The SMILES string of the molecule is O=CCc1ccnn1C1CCC1. The van der Waals surface area contributed by atoms with Gasteiger partial charge in [0.2, 0.25) is 0 Å². The van der Waals surface area contributed by atoms with E-state index in [2.05, 4.69) is 5.10 Å². The average Bonchev–Trinajstić information content (AvgIpc) is 2.35. The molecule has 1 heterocycles. The summed E-state index contributed by atoms with van der Waals surface area (Å²) in [4.78, 5) is 10.3. The molecule has 12 heavy (non-hydrogen) atoms. The van der Waals surface area contributed by atoms with Crippen molar-refractivity contribution in [3.05, 3.63) is 18.0 Å². The highest BCUT2D eigenvalue weighted by Crippen LogP contribution is 2.31. The average molecular weight is 164 g/mol. The number of rotatable bonds is 3. The number of aldehydes is 1. The Morgan fingerprint density at radius 2 is 2.50 bits per heavy atom. The van der Waals surface area contributed by atoms with Crippen molar-refractivity contribution in [1.29, 1.82) is 0 Å². The van der Waals surface area contributed by atoms with E-state index in [9.17, 15) is 4.79 Å². The summed E-state index contributed by atoms with van der Waals surface area (Å²) in [7, 11) is 0. The van der Waals surface area contributed by atoms with Crippen molar-refractivity contribution >= 4 is 6.29 Å². The van der Waals surface area contributed by atoms with Crippen LogP contribution in [0.2, 0.25) is 0 Å². The summed E-state index contributed by atoms with van der Waals surface area (Å²) < 4.78 is 2.00. The van der Waals surface area contributed by atoms with Crippen LogP contribution in [0.4, 0.5) is 0 Å². The summed E-state index contributed by atoms with van der Waals surface area (Å²) in [5, 5.41) is 4.21. The van der Waals surface area contributed by atoms with Crippen LogP contribution in [0.25, 0.3) is 0 Å². The first-order chi connectivity index (χ1) is 5.92. The fourth-order valence-corrected chi connectivity index (χ4v) is 1.55. The molecule has 0 unspecified atom stereocenters. The third kappa shape index (κ3) is 1.15. The van der Waals surface area contributed by atoms with E-state index in [0.29, 0.717) is 12.5 Å². The second-order valence-corrected chi connectivity index (χ2v) is 3.22. The lowest BCUT2D eigenvalue weighted by Gasteiger charge is -2.27. The molecule has 2 rings (SSSR count). The number of hydrogen-bond acceptors (Lipinski definition) is 2. The van der Waals surface area contributed by atoms with E-state index in [1.165, 1.54) is 19.3 Å². The second-order valence-electron chi connectivity index (χ2n) is 3.22. The van der Waals surface area contributed by atoms with Crippen LogP contribution in [-0.4, -0.2) is 16.1 Å². The molecule has 0 spiro atoms. The fourth-order valence-electron chi connectivity index (χ4n) is 1.55. The van der Waals surface area contributed by atoms with Crippen molar-refractivity contribution in [2.24, 2.45) is 0 Å². The van der Waals surface area contributed by atoms with Crippen LogP contribution in [0.15, 0.2) is 12.3 Å². The van der Waals surface area contributed by atoms with Gasteiger partial charge in [-0.15, -0.1) is 0 Å². The maximum atomic E-state index is 10.3. The van der Waals surface area contributed by atoms with Gasteiger partial charge in [-0.2, -0.15) is 5.10 Å². The Bertz CT molecular complexity index is 276. The van der Waals surface area contributed by atoms with Crippen LogP contribution in [-0.2, 0) is 11.2 Å². The second kappa shape index (κ2) is 3.09. The smallest absolute Gasteiger partial charge is 0.125 e. The summed E-state index contributed by atoms with van der Waals surface area (Å²) in [6.07, 6.45) is 6.94. The molecule has 1 aromatic heterocycles. The molecule has 0 amide bonds. The molecule has 0 aliphatic heterocycles. The number of carbonyl (C=O) groups is 1. The van der Waals surface area contributed by atoms with Gasteiger partial charge in [0.25, 0.3) is 0 Å². The molecule has 1 aromatic rings. The van der Waals surface area contributed by atoms with E-state index in [-0.39, 0.29) is 0 Å². The number of hydrogen-bond donors (Lipinski definition) is 0. The van der Waals surface area contributed by atoms with Gasteiger partial charge in [-0.25, -0.2) is 0 Å². The van der Waals surface area contributed by atoms with Crippen LogP contribution in [0, 0.1) is 0 Å². The monoisotopic (exact) mass is 164 g/mol. The molecule has 1 saturated carbocycles. The van der Waals surface area contributed by atoms with Gasteiger partial charge in [-0.3, -0.25) is 4.68 Å². The first kappa shape index (κ1) is 7.53. The molecular formula is C9H12N2O. The highest BCUT2D eigenvalue weighted by Gasteiger charge is 2.21. The van der Waals surface area contributed by atoms with Crippen molar-refractivity contribution in [2.45, 2.75) is 31.7 Å². The molecule has 64 valence electrons. The van der Waals surface area contributed by atoms with Crippen LogP contribution in [0.5, 0.6) is 0 Å². The molecule has 1 aliphatic rings. The minimum absolute atomic E-state index is 0.497. The largest absolute Gasteiger partial charge is 0.303 e. The zero-order valence-electron chi connectivity index (χ0n) is 6.94. The van der Waals surface area contributed by atoms with Gasteiger partial charge in [0, 0.05) is 18.3 Å². The lowest BCUT2D eigenvalue weighted by molar-refractivity contribution is -0.107. The summed E-state index contributed by atoms with van der Waals surface area (Å²) in [6.45, 7) is 0. The van der Waals surface area contributed by atoms with Crippen LogP contribution < -0.4 is 0 Å². The molecular weight excluding hydrogens is 152 g/mol. The molecule has 3 heteroatoms.